The molecule has 446 valence electrons. The molecule has 0 unspecified atom stereocenters. The maximum atomic E-state index is 13.8. The van der Waals surface area contributed by atoms with Crippen molar-refractivity contribution in [2.24, 2.45) is 0 Å². The van der Waals surface area contributed by atoms with Gasteiger partial charge in [-0.05, 0) is 212 Å². The standard InChI is InChI=1S/C42H30O4.C39H30O4.C2H6/c1-3-45-41(43)37-24-36(34-22-28-10-5-6-13-29(28)30-14-7-8-15-31(30)34)38(42(44)46-4-2)23-35(37)32-20-18-27-17-16-25-11-9-12-26-19-21-33(32)40(27)39(25)26;1-4-42-38(40)34-22-33(30-19-16-26-15-14-24-9-8-10-25-17-20-31(30)37(26)36(24)25)35(39(41)43-5-2)21-32(34)29-18-13-23(3)27-11-6-7-12-28(27)29;1-2/h5-24H,3-4H2,1-2H3;6-22H,4-5H2,1-3H3;1-2H3. The van der Waals surface area contributed by atoms with E-state index in [2.05, 4.69) is 140 Å². The number of benzene rings is 15. The number of rotatable bonds is 12. The molecule has 0 spiro atoms. The Morgan fingerprint density at radius 3 is 0.967 bits per heavy atom. The first kappa shape index (κ1) is 59.0. The zero-order valence-corrected chi connectivity index (χ0v) is 52.0. The van der Waals surface area contributed by atoms with Crippen LogP contribution in [0, 0.1) is 6.92 Å². The minimum absolute atomic E-state index is 0.227. The number of carbonyl (C=O) groups excluding carboxylic acids is 4. The molecular formula is C83H66O8. The van der Waals surface area contributed by atoms with Crippen LogP contribution in [-0.2, 0) is 18.9 Å². The Kier molecular flexibility index (Phi) is 16.2. The Hall–Kier alpha value is -11.0. The van der Waals surface area contributed by atoms with Gasteiger partial charge in [-0.1, -0.05) is 208 Å². The molecule has 0 saturated heterocycles. The minimum atomic E-state index is -0.441. The van der Waals surface area contributed by atoms with Crippen LogP contribution in [0.15, 0.2) is 224 Å². The smallest absolute Gasteiger partial charge is 0.338 e. The molecule has 0 aromatic heterocycles. The normalized spacial score (nSPS) is 11.4. The van der Waals surface area contributed by atoms with Crippen LogP contribution in [0.3, 0.4) is 0 Å². The highest BCUT2D eigenvalue weighted by atomic mass is 16.5. The van der Waals surface area contributed by atoms with Gasteiger partial charge >= 0.3 is 23.9 Å². The molecule has 0 atom stereocenters. The molecule has 8 nitrogen and oxygen atoms in total. The molecule has 0 amide bonds. The van der Waals surface area contributed by atoms with Crippen molar-refractivity contribution in [2.45, 2.75) is 48.5 Å². The molecule has 15 aromatic carbocycles. The van der Waals surface area contributed by atoms with Crippen LogP contribution in [0.1, 0.15) is 88.5 Å². The molecule has 0 heterocycles. The van der Waals surface area contributed by atoms with Crippen molar-refractivity contribution >= 4 is 121 Å². The van der Waals surface area contributed by atoms with Gasteiger partial charge < -0.3 is 18.9 Å². The fourth-order valence-electron chi connectivity index (χ4n) is 13.5. The Bertz CT molecular complexity index is 5330. The summed E-state index contributed by atoms with van der Waals surface area (Å²) in [4.78, 5) is 55.0. The quantitative estimate of drug-likeness (QED) is 0.0677. The van der Waals surface area contributed by atoms with E-state index in [0.29, 0.717) is 44.5 Å². The lowest BCUT2D eigenvalue weighted by molar-refractivity contribution is 0.0513. The predicted octanol–water partition coefficient (Wildman–Crippen LogP) is 21.3. The van der Waals surface area contributed by atoms with Crippen LogP contribution in [0.25, 0.3) is 141 Å². The molecular weight excluding hydrogens is 1120 g/mol. The van der Waals surface area contributed by atoms with Gasteiger partial charge in [-0.3, -0.25) is 0 Å². The molecule has 15 rings (SSSR count). The monoisotopic (exact) mass is 1190 g/mol. The lowest BCUT2D eigenvalue weighted by Gasteiger charge is -2.20. The first-order chi connectivity index (χ1) is 44.6. The molecule has 0 saturated carbocycles. The highest BCUT2D eigenvalue weighted by Gasteiger charge is 2.28. The van der Waals surface area contributed by atoms with E-state index in [4.69, 9.17) is 18.9 Å². The third-order valence-corrected chi connectivity index (χ3v) is 17.4. The molecule has 0 aliphatic heterocycles. The second kappa shape index (κ2) is 24.9. The van der Waals surface area contributed by atoms with Gasteiger partial charge in [0.15, 0.2) is 0 Å². The second-order valence-corrected chi connectivity index (χ2v) is 22.4. The summed E-state index contributed by atoms with van der Waals surface area (Å²) in [6.45, 7) is 14.2. The average molecular weight is 1190 g/mol. The summed E-state index contributed by atoms with van der Waals surface area (Å²) in [6.07, 6.45) is 0. The van der Waals surface area contributed by atoms with E-state index in [1.54, 1.807) is 27.7 Å². The van der Waals surface area contributed by atoms with Crippen LogP contribution in [0.5, 0.6) is 0 Å². The van der Waals surface area contributed by atoms with E-state index in [0.717, 1.165) is 114 Å². The summed E-state index contributed by atoms with van der Waals surface area (Å²) in [5.74, 6) is -1.75. The van der Waals surface area contributed by atoms with Crippen molar-refractivity contribution in [1.82, 2.24) is 0 Å². The van der Waals surface area contributed by atoms with Crippen LogP contribution in [-0.4, -0.2) is 50.3 Å². The molecule has 8 heteroatoms. The lowest BCUT2D eigenvalue weighted by Crippen LogP contribution is -2.12. The summed E-state index contributed by atoms with van der Waals surface area (Å²) in [6, 6.07) is 75.9. The van der Waals surface area contributed by atoms with Crippen LogP contribution in [0.4, 0.5) is 0 Å². The number of fused-ring (bicyclic) bond motifs is 4. The number of aryl methyl sites for hydroxylation is 1. The number of hydrogen-bond donors (Lipinski definition) is 0. The van der Waals surface area contributed by atoms with Gasteiger partial charge in [0.2, 0.25) is 0 Å². The molecule has 91 heavy (non-hydrogen) atoms. The zero-order valence-electron chi connectivity index (χ0n) is 52.0. The molecule has 15 aromatic rings. The van der Waals surface area contributed by atoms with Gasteiger partial charge in [0.05, 0.1) is 48.7 Å². The van der Waals surface area contributed by atoms with E-state index >= 15 is 0 Å². The zero-order chi connectivity index (χ0) is 63.0. The third kappa shape index (κ3) is 10.3. The van der Waals surface area contributed by atoms with Crippen LogP contribution < -0.4 is 0 Å². The van der Waals surface area contributed by atoms with Crippen molar-refractivity contribution in [2.75, 3.05) is 26.4 Å². The summed E-state index contributed by atoms with van der Waals surface area (Å²) >= 11 is 0. The van der Waals surface area contributed by atoms with Gasteiger partial charge in [0.1, 0.15) is 0 Å². The van der Waals surface area contributed by atoms with E-state index in [1.165, 1.54) is 10.8 Å². The molecule has 0 aliphatic carbocycles. The molecule has 0 N–H and O–H groups in total. The van der Waals surface area contributed by atoms with Gasteiger partial charge in [-0.25, -0.2) is 19.2 Å². The maximum Gasteiger partial charge on any atom is 0.338 e. The van der Waals surface area contributed by atoms with Crippen molar-refractivity contribution in [3.63, 3.8) is 0 Å². The molecule has 0 radical (unpaired) electrons. The van der Waals surface area contributed by atoms with Crippen molar-refractivity contribution in [3.05, 3.63) is 252 Å². The van der Waals surface area contributed by atoms with Gasteiger partial charge in [0, 0.05) is 0 Å². The molecule has 0 bridgehead atoms. The van der Waals surface area contributed by atoms with E-state index < -0.39 is 23.9 Å². The summed E-state index contributed by atoms with van der Waals surface area (Å²) in [7, 11) is 0. The lowest BCUT2D eigenvalue weighted by atomic mass is 9.85. The molecule has 0 fully saturated rings. The van der Waals surface area contributed by atoms with Crippen LogP contribution in [0.2, 0.25) is 0 Å². The summed E-state index contributed by atoms with van der Waals surface area (Å²) in [5, 5.41) is 19.8. The Balaban J connectivity index is 0.000000163. The minimum Gasteiger partial charge on any atom is -0.462 e. The fourth-order valence-corrected chi connectivity index (χ4v) is 13.5. The predicted molar refractivity (Wildman–Crippen MR) is 374 cm³/mol. The Morgan fingerprint density at radius 2 is 0.549 bits per heavy atom. The van der Waals surface area contributed by atoms with E-state index in [9.17, 15) is 19.2 Å². The third-order valence-electron chi connectivity index (χ3n) is 17.4. The van der Waals surface area contributed by atoms with Crippen molar-refractivity contribution in [3.8, 4) is 44.5 Å². The Morgan fingerprint density at radius 1 is 0.253 bits per heavy atom. The van der Waals surface area contributed by atoms with Crippen molar-refractivity contribution in [1.29, 1.82) is 0 Å². The largest absolute Gasteiger partial charge is 0.462 e. The van der Waals surface area contributed by atoms with E-state index in [-0.39, 0.29) is 26.4 Å². The highest BCUT2D eigenvalue weighted by molar-refractivity contribution is 6.28. The number of hydrogen-bond acceptors (Lipinski definition) is 8. The van der Waals surface area contributed by atoms with Crippen LogP contribution >= 0.6 is 0 Å². The number of ether oxygens (including phenoxy) is 4. The summed E-state index contributed by atoms with van der Waals surface area (Å²) < 4.78 is 22.5. The first-order valence-corrected chi connectivity index (χ1v) is 31.3. The first-order valence-electron chi connectivity index (χ1n) is 31.3. The Labute approximate surface area is 527 Å². The van der Waals surface area contributed by atoms with Gasteiger partial charge in [-0.2, -0.15) is 0 Å². The number of esters is 4. The molecule has 0 aliphatic rings. The average Bonchev–Trinajstić information content (AvgIpc) is 0.772. The van der Waals surface area contributed by atoms with Gasteiger partial charge in [0.25, 0.3) is 0 Å². The summed E-state index contributed by atoms with van der Waals surface area (Å²) in [5.41, 5.74) is 8.71. The maximum absolute atomic E-state index is 13.8. The van der Waals surface area contributed by atoms with E-state index in [1.807, 2.05) is 105 Å². The highest BCUT2D eigenvalue weighted by Crippen LogP contribution is 2.46. The number of carbonyl (C=O) groups is 4. The van der Waals surface area contributed by atoms with Gasteiger partial charge in [-0.15, -0.1) is 0 Å². The topological polar surface area (TPSA) is 105 Å². The second-order valence-electron chi connectivity index (χ2n) is 22.4. The fraction of sp³-hybridized carbons (Fsp3) is 0.133. The van der Waals surface area contributed by atoms with Crippen molar-refractivity contribution < 1.29 is 38.1 Å². The SMILES string of the molecule is CC.CCOC(=O)c1cc(-c2ccc3ccc4cccc5ccc2c3c45)c(C(=O)OCC)cc1-c1cc2ccccc2c2ccccc12.CCOC(=O)c1cc(-c2ccc3ccc4cccc5ccc2c3c45)c(C(=O)OCC)cc1-c1ccc(C)c2ccccc12.